The molecular weight excluding hydrogens is 480 g/mol. The van der Waals surface area contributed by atoms with E-state index in [4.69, 9.17) is 4.74 Å². The number of aromatic nitrogens is 4. The van der Waals surface area contributed by atoms with Gasteiger partial charge in [-0.15, -0.1) is 0 Å². The fraction of sp³-hybridized carbons (Fsp3) is 0.333. The Kier molecular flexibility index (Phi) is 7.09. The van der Waals surface area contributed by atoms with E-state index in [9.17, 15) is 13.6 Å². The number of fused-ring (bicyclic) bond motifs is 1. The van der Waals surface area contributed by atoms with Gasteiger partial charge in [0.1, 0.15) is 12.1 Å². The van der Waals surface area contributed by atoms with Crippen LogP contribution in [-0.2, 0) is 9.53 Å². The second-order valence-electron chi connectivity index (χ2n) is 9.12. The van der Waals surface area contributed by atoms with Gasteiger partial charge in [-0.25, -0.2) is 15.0 Å². The van der Waals surface area contributed by atoms with E-state index in [1.54, 1.807) is 24.5 Å². The number of hydrogen-bond acceptors (Lipinski definition) is 6. The highest BCUT2D eigenvalue weighted by atomic mass is 19.3. The third kappa shape index (κ3) is 5.43. The fourth-order valence-electron chi connectivity index (χ4n) is 4.52. The van der Waals surface area contributed by atoms with Crippen LogP contribution in [0.15, 0.2) is 67.4 Å². The minimum Gasteiger partial charge on any atom is -0.491 e. The molecule has 10 heteroatoms. The van der Waals surface area contributed by atoms with E-state index in [2.05, 4.69) is 19.7 Å². The van der Waals surface area contributed by atoms with Crippen LogP contribution in [0.25, 0.3) is 16.9 Å². The van der Waals surface area contributed by atoms with Crippen molar-refractivity contribution in [3.63, 3.8) is 0 Å². The number of anilines is 1. The summed E-state index contributed by atoms with van der Waals surface area (Å²) in [5.41, 5.74) is 3.68. The summed E-state index contributed by atoms with van der Waals surface area (Å²) < 4.78 is 37.6. The van der Waals surface area contributed by atoms with Crippen LogP contribution in [0.4, 0.5) is 14.5 Å². The van der Waals surface area contributed by atoms with Gasteiger partial charge >= 0.3 is 6.61 Å². The maximum atomic E-state index is 13.6. The molecule has 1 aromatic carbocycles. The monoisotopic (exact) mass is 507 g/mol. The highest BCUT2D eigenvalue weighted by Gasteiger charge is 2.47. The molecule has 5 rings (SSSR count). The van der Waals surface area contributed by atoms with Gasteiger partial charge in [-0.1, -0.05) is 0 Å². The van der Waals surface area contributed by atoms with Crippen LogP contribution < -0.4 is 9.64 Å². The molecule has 1 fully saturated rings. The quantitative estimate of drug-likeness (QED) is 0.302. The third-order valence-electron chi connectivity index (χ3n) is 6.26. The van der Waals surface area contributed by atoms with Gasteiger partial charge in [0, 0.05) is 42.7 Å². The highest BCUT2D eigenvalue weighted by molar-refractivity contribution is 6.00. The van der Waals surface area contributed by atoms with Crippen LogP contribution in [0, 0.1) is 5.92 Å². The number of hydrogen-bond donors (Lipinski definition) is 0. The Balaban J connectivity index is 1.45. The van der Waals surface area contributed by atoms with Crippen LogP contribution in [0.5, 0.6) is 5.75 Å². The average Bonchev–Trinajstić information content (AvgIpc) is 3.54. The first-order chi connectivity index (χ1) is 17.9. The van der Waals surface area contributed by atoms with Crippen molar-refractivity contribution < 1.29 is 23.0 Å². The summed E-state index contributed by atoms with van der Waals surface area (Å²) in [5, 5.41) is 0. The summed E-state index contributed by atoms with van der Waals surface area (Å²) in [7, 11) is 0. The Labute approximate surface area is 212 Å². The number of halogens is 2. The molecule has 8 nitrogen and oxygen atoms in total. The van der Waals surface area contributed by atoms with Crippen molar-refractivity contribution in [2.24, 2.45) is 5.92 Å². The molecule has 3 heterocycles. The van der Waals surface area contributed by atoms with Gasteiger partial charge in [0.15, 0.2) is 5.65 Å². The number of pyridine rings is 1. The Morgan fingerprint density at radius 1 is 1.11 bits per heavy atom. The number of amides is 1. The Morgan fingerprint density at radius 3 is 2.62 bits per heavy atom. The Bertz CT molecular complexity index is 1360. The Hall–Kier alpha value is -3.92. The van der Waals surface area contributed by atoms with Crippen molar-refractivity contribution in [3.05, 3.63) is 73.1 Å². The minimum absolute atomic E-state index is 0.0285. The van der Waals surface area contributed by atoms with Crippen LogP contribution in [-0.4, -0.2) is 51.1 Å². The molecule has 192 valence electrons. The summed E-state index contributed by atoms with van der Waals surface area (Å²) in [6, 6.07) is 13.2. The van der Waals surface area contributed by atoms with E-state index in [1.165, 1.54) is 11.2 Å². The van der Waals surface area contributed by atoms with Crippen molar-refractivity contribution >= 4 is 17.2 Å². The van der Waals surface area contributed by atoms with E-state index in [0.29, 0.717) is 17.8 Å². The summed E-state index contributed by atoms with van der Waals surface area (Å²) in [6.07, 6.45) is 7.27. The molecule has 0 radical (unpaired) electrons. The zero-order valence-corrected chi connectivity index (χ0v) is 20.5. The molecule has 1 aliphatic rings. The number of carbonyl (C=O) groups is 1. The lowest BCUT2D eigenvalue weighted by Crippen LogP contribution is -2.36. The molecular formula is C27H27F2N5O3. The maximum Gasteiger partial charge on any atom is 0.345 e. The van der Waals surface area contributed by atoms with E-state index >= 15 is 0 Å². The zero-order valence-electron chi connectivity index (χ0n) is 20.5. The molecule has 3 aromatic heterocycles. The summed E-state index contributed by atoms with van der Waals surface area (Å²) in [5.74, 6) is 0.269. The first-order valence-electron chi connectivity index (χ1n) is 12.1. The highest BCUT2D eigenvalue weighted by Crippen LogP contribution is 2.48. The topological polar surface area (TPSA) is 81.9 Å². The number of alkyl halides is 2. The van der Waals surface area contributed by atoms with Gasteiger partial charge in [0.05, 0.1) is 24.1 Å². The largest absolute Gasteiger partial charge is 0.491 e. The predicted molar refractivity (Wildman–Crippen MR) is 134 cm³/mol. The number of rotatable bonds is 10. The average molecular weight is 508 g/mol. The van der Waals surface area contributed by atoms with Gasteiger partial charge < -0.3 is 14.4 Å². The van der Waals surface area contributed by atoms with Gasteiger partial charge in [-0.3, -0.25) is 9.20 Å². The number of imidazole rings is 1. The summed E-state index contributed by atoms with van der Waals surface area (Å²) in [6.45, 7) is 0.694. The van der Waals surface area contributed by atoms with Gasteiger partial charge in [-0.05, 0) is 68.3 Å². The molecule has 37 heavy (non-hydrogen) atoms. The number of benzene rings is 1. The van der Waals surface area contributed by atoms with Crippen molar-refractivity contribution in [2.45, 2.75) is 38.9 Å². The molecule has 2 atom stereocenters. The minimum atomic E-state index is -2.91. The molecule has 1 aliphatic carbocycles. The predicted octanol–water partition coefficient (Wildman–Crippen LogP) is 4.95. The smallest absolute Gasteiger partial charge is 0.345 e. The van der Waals surface area contributed by atoms with Gasteiger partial charge in [0.25, 0.3) is 0 Å². The van der Waals surface area contributed by atoms with Crippen LogP contribution in [0.3, 0.4) is 0 Å². The SMILES string of the molecule is CC(C)Oc1ccc(-c2ccc(N(CCOC(F)F)C(=O)[C@@H]3C[C@H]3c3ccncn3)c3nccn23)cc1. The second-order valence-corrected chi connectivity index (χ2v) is 9.12. The van der Waals surface area contributed by atoms with Crippen molar-refractivity contribution in [1.29, 1.82) is 0 Å². The van der Waals surface area contributed by atoms with E-state index < -0.39 is 6.61 Å². The fourth-order valence-corrected chi connectivity index (χ4v) is 4.52. The van der Waals surface area contributed by atoms with Crippen LogP contribution in [0.2, 0.25) is 0 Å². The second kappa shape index (κ2) is 10.6. The number of nitrogens with zero attached hydrogens (tertiary/aromatic N) is 5. The normalized spacial score (nSPS) is 16.9. The molecule has 0 unspecified atom stereocenters. The third-order valence-corrected chi connectivity index (χ3v) is 6.26. The number of carbonyl (C=O) groups excluding carboxylic acids is 1. The van der Waals surface area contributed by atoms with E-state index in [1.807, 2.05) is 54.8 Å². The van der Waals surface area contributed by atoms with Crippen molar-refractivity contribution in [2.75, 3.05) is 18.1 Å². The molecule has 0 spiro atoms. The molecule has 1 saturated carbocycles. The molecule has 0 aliphatic heterocycles. The molecule has 1 amide bonds. The Morgan fingerprint density at radius 2 is 1.92 bits per heavy atom. The molecule has 0 saturated heterocycles. The molecule has 4 aromatic rings. The molecule has 0 N–H and O–H groups in total. The van der Waals surface area contributed by atoms with Crippen molar-refractivity contribution in [1.82, 2.24) is 19.4 Å². The lowest BCUT2D eigenvalue weighted by molar-refractivity contribution is -0.130. The van der Waals surface area contributed by atoms with Crippen LogP contribution in [0.1, 0.15) is 31.9 Å². The standard InChI is InChI=1S/C27H27F2N5O3/c1-17(2)37-19-5-3-18(4-6-19)23-7-8-24(25-31-11-12-33(23)25)34(13-14-36-27(28)29)26(35)21-15-20(21)22-9-10-30-16-32-22/h3-12,16-17,20-21,27H,13-15H2,1-2H3/t20-,21-/m1/s1. The summed E-state index contributed by atoms with van der Waals surface area (Å²) >= 11 is 0. The summed E-state index contributed by atoms with van der Waals surface area (Å²) in [4.78, 5) is 27.8. The zero-order chi connectivity index (χ0) is 25.9. The lowest BCUT2D eigenvalue weighted by Gasteiger charge is -2.24. The maximum absolute atomic E-state index is 13.6. The lowest BCUT2D eigenvalue weighted by atomic mass is 10.1. The first kappa shape index (κ1) is 24.8. The van der Waals surface area contributed by atoms with E-state index in [0.717, 1.165) is 22.7 Å². The number of ether oxygens (including phenoxy) is 2. The molecule has 0 bridgehead atoms. The van der Waals surface area contributed by atoms with E-state index in [-0.39, 0.29) is 37.0 Å². The van der Waals surface area contributed by atoms with Gasteiger partial charge in [0.2, 0.25) is 5.91 Å². The van der Waals surface area contributed by atoms with Gasteiger partial charge in [-0.2, -0.15) is 8.78 Å². The first-order valence-corrected chi connectivity index (χ1v) is 12.1. The van der Waals surface area contributed by atoms with Crippen LogP contribution >= 0.6 is 0 Å². The van der Waals surface area contributed by atoms with Crippen molar-refractivity contribution in [3.8, 4) is 17.0 Å².